The number of amides is 2. The van der Waals surface area contributed by atoms with Crippen LogP contribution in [0.1, 0.15) is 11.1 Å². The molecule has 0 bridgehead atoms. The average molecular weight is 542 g/mol. The summed E-state index contributed by atoms with van der Waals surface area (Å²) in [6, 6.07) is 17.1. The third-order valence-electron chi connectivity index (χ3n) is 5.19. The van der Waals surface area contributed by atoms with E-state index in [1.165, 1.54) is 19.1 Å². The molecule has 174 valence electrons. The summed E-state index contributed by atoms with van der Waals surface area (Å²) in [5.74, 6) is -0.199. The number of carbonyl (C=O) groups is 3. The van der Waals surface area contributed by atoms with E-state index in [4.69, 9.17) is 9.47 Å². The molecule has 0 aromatic heterocycles. The van der Waals surface area contributed by atoms with E-state index in [1.807, 2.05) is 42.5 Å². The maximum Gasteiger partial charge on any atom is 0.343 e. The molecule has 0 radical (unpaired) electrons. The van der Waals surface area contributed by atoms with Crippen molar-refractivity contribution >= 4 is 61.7 Å². The van der Waals surface area contributed by atoms with Gasteiger partial charge in [0.25, 0.3) is 11.1 Å². The molecule has 2 amide bonds. The standard InChI is InChI=1S/C25H20BrNO6S/c1-31-20-11-15(10-19(26)23(20)33-14-22(28)32-2)12-21-24(29)27(25(30)34-21)13-17-8-5-7-16-6-3-4-9-18(16)17/h3-12H,13-14H2,1-2H3/b21-12+. The minimum atomic E-state index is -0.530. The molecule has 0 N–H and O–H groups in total. The van der Waals surface area contributed by atoms with E-state index >= 15 is 0 Å². The quantitative estimate of drug-likeness (QED) is 0.292. The summed E-state index contributed by atoms with van der Waals surface area (Å²) >= 11 is 4.30. The highest BCUT2D eigenvalue weighted by Crippen LogP contribution is 2.39. The van der Waals surface area contributed by atoms with Crippen molar-refractivity contribution < 1.29 is 28.6 Å². The van der Waals surface area contributed by atoms with Gasteiger partial charge in [-0.25, -0.2) is 4.79 Å². The number of halogens is 1. The lowest BCUT2D eigenvalue weighted by atomic mass is 10.0. The number of imide groups is 1. The van der Waals surface area contributed by atoms with Gasteiger partial charge < -0.3 is 14.2 Å². The third kappa shape index (κ3) is 4.95. The maximum absolute atomic E-state index is 13.1. The second-order valence-corrected chi connectivity index (χ2v) is 9.15. The Morgan fingerprint density at radius 1 is 1.09 bits per heavy atom. The van der Waals surface area contributed by atoms with Crippen molar-refractivity contribution in [1.82, 2.24) is 4.90 Å². The van der Waals surface area contributed by atoms with Crippen LogP contribution in [0.4, 0.5) is 4.79 Å². The average Bonchev–Trinajstić information content (AvgIpc) is 3.10. The first kappa shape index (κ1) is 23.8. The van der Waals surface area contributed by atoms with Crippen LogP contribution in [-0.4, -0.2) is 42.8 Å². The highest BCUT2D eigenvalue weighted by molar-refractivity contribution is 9.10. The molecular formula is C25H20BrNO6S. The first-order chi connectivity index (χ1) is 16.4. The lowest BCUT2D eigenvalue weighted by molar-refractivity contribution is -0.143. The van der Waals surface area contributed by atoms with Crippen LogP contribution >= 0.6 is 27.7 Å². The van der Waals surface area contributed by atoms with Crippen LogP contribution in [0.2, 0.25) is 0 Å². The van der Waals surface area contributed by atoms with Crippen LogP contribution in [-0.2, 0) is 20.9 Å². The molecule has 3 aromatic carbocycles. The normalized spacial score (nSPS) is 14.7. The van der Waals surface area contributed by atoms with E-state index in [-0.39, 0.29) is 24.3 Å². The lowest BCUT2D eigenvalue weighted by Crippen LogP contribution is -2.27. The van der Waals surface area contributed by atoms with E-state index < -0.39 is 5.97 Å². The third-order valence-corrected chi connectivity index (χ3v) is 6.69. The molecule has 0 aliphatic carbocycles. The van der Waals surface area contributed by atoms with Gasteiger partial charge in [-0.3, -0.25) is 14.5 Å². The van der Waals surface area contributed by atoms with Crippen LogP contribution in [0, 0.1) is 0 Å². The van der Waals surface area contributed by atoms with E-state index in [0.717, 1.165) is 28.1 Å². The van der Waals surface area contributed by atoms with Crippen molar-refractivity contribution in [2.45, 2.75) is 6.54 Å². The first-order valence-corrected chi connectivity index (χ1v) is 11.8. The van der Waals surface area contributed by atoms with Crippen LogP contribution in [0.25, 0.3) is 16.8 Å². The smallest absolute Gasteiger partial charge is 0.343 e. The number of rotatable bonds is 7. The lowest BCUT2D eigenvalue weighted by Gasteiger charge is -2.14. The van der Waals surface area contributed by atoms with Crippen LogP contribution < -0.4 is 9.47 Å². The first-order valence-electron chi connectivity index (χ1n) is 10.2. The van der Waals surface area contributed by atoms with Crippen molar-refractivity contribution in [3.8, 4) is 11.5 Å². The van der Waals surface area contributed by atoms with Gasteiger partial charge in [0.15, 0.2) is 18.1 Å². The number of nitrogens with zero attached hydrogens (tertiary/aromatic N) is 1. The zero-order valence-electron chi connectivity index (χ0n) is 18.4. The Kier molecular flexibility index (Phi) is 7.23. The van der Waals surface area contributed by atoms with Crippen molar-refractivity contribution in [3.05, 3.63) is 75.1 Å². The molecule has 7 nitrogen and oxygen atoms in total. The van der Waals surface area contributed by atoms with Gasteiger partial charge in [-0.1, -0.05) is 42.5 Å². The Morgan fingerprint density at radius 2 is 1.85 bits per heavy atom. The summed E-state index contributed by atoms with van der Waals surface area (Å²) in [5.41, 5.74) is 1.53. The molecule has 4 rings (SSSR count). The Bertz CT molecular complexity index is 1320. The van der Waals surface area contributed by atoms with Gasteiger partial charge in [0.2, 0.25) is 0 Å². The number of carbonyl (C=O) groups excluding carboxylic acids is 3. The van der Waals surface area contributed by atoms with Gasteiger partial charge in [-0.2, -0.15) is 0 Å². The van der Waals surface area contributed by atoms with Crippen LogP contribution in [0.15, 0.2) is 64.0 Å². The van der Waals surface area contributed by atoms with Gasteiger partial charge in [-0.15, -0.1) is 0 Å². The van der Waals surface area contributed by atoms with E-state index in [2.05, 4.69) is 20.7 Å². The second-order valence-electron chi connectivity index (χ2n) is 7.31. The molecule has 34 heavy (non-hydrogen) atoms. The molecule has 1 heterocycles. The van der Waals surface area contributed by atoms with Crippen molar-refractivity contribution in [1.29, 1.82) is 0 Å². The fourth-order valence-electron chi connectivity index (χ4n) is 3.54. The zero-order chi connectivity index (χ0) is 24.2. The minimum Gasteiger partial charge on any atom is -0.493 e. The monoisotopic (exact) mass is 541 g/mol. The minimum absolute atomic E-state index is 0.191. The molecule has 0 unspecified atom stereocenters. The number of hydrogen-bond donors (Lipinski definition) is 0. The highest BCUT2D eigenvalue weighted by Gasteiger charge is 2.35. The fraction of sp³-hybridized carbons (Fsp3) is 0.160. The van der Waals surface area contributed by atoms with Gasteiger partial charge in [-0.05, 0) is 67.8 Å². The van der Waals surface area contributed by atoms with E-state index in [9.17, 15) is 14.4 Å². The summed E-state index contributed by atoms with van der Waals surface area (Å²) in [5, 5.41) is 1.73. The van der Waals surface area contributed by atoms with Crippen LogP contribution in [0.3, 0.4) is 0 Å². The predicted octanol–water partition coefficient (Wildman–Crippen LogP) is 5.40. The van der Waals surface area contributed by atoms with E-state index in [0.29, 0.717) is 26.4 Å². The number of esters is 1. The summed E-state index contributed by atoms with van der Waals surface area (Å²) < 4.78 is 16.0. The highest BCUT2D eigenvalue weighted by atomic mass is 79.9. The molecule has 0 saturated carbocycles. The Balaban J connectivity index is 1.58. The predicted molar refractivity (Wildman–Crippen MR) is 134 cm³/mol. The Hall–Kier alpha value is -3.30. The number of thioether (sulfide) groups is 1. The SMILES string of the molecule is COC(=O)COc1c(Br)cc(/C=C2/SC(=O)N(Cc3cccc4ccccc34)C2=O)cc1OC. The number of fused-ring (bicyclic) bond motifs is 1. The molecule has 3 aromatic rings. The summed E-state index contributed by atoms with van der Waals surface area (Å²) in [7, 11) is 2.74. The topological polar surface area (TPSA) is 82.1 Å². The number of ether oxygens (including phenoxy) is 3. The molecule has 9 heteroatoms. The molecular weight excluding hydrogens is 522 g/mol. The summed E-state index contributed by atoms with van der Waals surface area (Å²) in [6.45, 7) is -0.0887. The van der Waals surface area contributed by atoms with Gasteiger partial charge in [0.05, 0.1) is 30.1 Å². The summed E-state index contributed by atoms with van der Waals surface area (Å²) in [4.78, 5) is 38.7. The largest absolute Gasteiger partial charge is 0.493 e. The van der Waals surface area contributed by atoms with Gasteiger partial charge in [0, 0.05) is 0 Å². The maximum atomic E-state index is 13.1. The van der Waals surface area contributed by atoms with Crippen molar-refractivity contribution in [2.75, 3.05) is 20.8 Å². The van der Waals surface area contributed by atoms with Crippen LogP contribution in [0.5, 0.6) is 11.5 Å². The van der Waals surface area contributed by atoms with Crippen molar-refractivity contribution in [3.63, 3.8) is 0 Å². The van der Waals surface area contributed by atoms with Gasteiger partial charge in [0.1, 0.15) is 0 Å². The number of methoxy groups -OCH3 is 2. The summed E-state index contributed by atoms with van der Waals surface area (Å²) in [6.07, 6.45) is 1.63. The molecule has 1 aliphatic rings. The van der Waals surface area contributed by atoms with Gasteiger partial charge >= 0.3 is 5.97 Å². The van der Waals surface area contributed by atoms with E-state index in [1.54, 1.807) is 18.2 Å². The Morgan fingerprint density at radius 3 is 2.62 bits per heavy atom. The molecule has 1 fully saturated rings. The zero-order valence-corrected chi connectivity index (χ0v) is 20.8. The Labute approximate surface area is 208 Å². The molecule has 1 saturated heterocycles. The second kappa shape index (κ2) is 10.3. The number of benzene rings is 3. The fourth-order valence-corrected chi connectivity index (χ4v) is 4.95. The molecule has 1 aliphatic heterocycles. The van der Waals surface area contributed by atoms with Crippen molar-refractivity contribution in [2.24, 2.45) is 0 Å². The number of hydrogen-bond acceptors (Lipinski definition) is 7. The molecule has 0 atom stereocenters. The molecule has 0 spiro atoms.